The highest BCUT2D eigenvalue weighted by Gasteiger charge is 2.11. The van der Waals surface area contributed by atoms with Crippen molar-refractivity contribution < 1.29 is 14.0 Å². The minimum atomic E-state index is -0.556. The maximum absolute atomic E-state index is 13.3. The Morgan fingerprint density at radius 1 is 1.03 bits per heavy atom. The van der Waals surface area contributed by atoms with Crippen molar-refractivity contribution in [3.8, 4) is 0 Å². The summed E-state index contributed by atoms with van der Waals surface area (Å²) in [4.78, 5) is 29.1. The highest BCUT2D eigenvalue weighted by Crippen LogP contribution is 2.31. The number of aromatic nitrogens is 1. The fourth-order valence-electron chi connectivity index (χ4n) is 2.94. The average molecular weight is 501 g/mol. The third-order valence-electron chi connectivity index (χ3n) is 4.55. The molecule has 0 unspecified atom stereocenters. The van der Waals surface area contributed by atoms with E-state index in [1.165, 1.54) is 41.3 Å². The van der Waals surface area contributed by atoms with Gasteiger partial charge in [0.25, 0.3) is 0 Å². The number of halogens is 2. The van der Waals surface area contributed by atoms with Crippen molar-refractivity contribution in [2.75, 3.05) is 21.7 Å². The second-order valence-electron chi connectivity index (χ2n) is 7.02. The molecule has 168 valence electrons. The first kappa shape index (κ1) is 23.0. The predicted molar refractivity (Wildman–Crippen MR) is 134 cm³/mol. The zero-order chi connectivity index (χ0) is 23.4. The molecule has 33 heavy (non-hydrogen) atoms. The summed E-state index contributed by atoms with van der Waals surface area (Å²) in [6.07, 6.45) is 0. The molecule has 1 aromatic heterocycles. The molecule has 3 amide bonds. The lowest BCUT2D eigenvalue weighted by Gasteiger charge is -2.08. The lowest BCUT2D eigenvalue weighted by Crippen LogP contribution is -2.19. The van der Waals surface area contributed by atoms with E-state index in [-0.39, 0.29) is 16.7 Å². The summed E-state index contributed by atoms with van der Waals surface area (Å²) < 4.78 is 14.9. The van der Waals surface area contributed by atoms with Crippen LogP contribution in [-0.4, -0.2) is 22.7 Å². The summed E-state index contributed by atoms with van der Waals surface area (Å²) in [5.41, 5.74) is 3.52. The third-order valence-corrected chi connectivity index (χ3v) is 7.00. The normalized spacial score (nSPS) is 10.8. The van der Waals surface area contributed by atoms with Crippen LogP contribution in [0.2, 0.25) is 5.02 Å². The summed E-state index contributed by atoms with van der Waals surface area (Å²) >= 11 is 8.53. The lowest BCUT2D eigenvalue weighted by atomic mass is 10.2. The summed E-state index contributed by atoms with van der Waals surface area (Å²) in [5.74, 6) is -0.421. The molecule has 0 fully saturated rings. The van der Waals surface area contributed by atoms with E-state index in [9.17, 15) is 14.0 Å². The number of amides is 3. The number of nitrogens with one attached hydrogen (secondary N) is 3. The number of benzene rings is 3. The van der Waals surface area contributed by atoms with Crippen LogP contribution in [0.3, 0.4) is 0 Å². The van der Waals surface area contributed by atoms with Gasteiger partial charge in [0.15, 0.2) is 4.34 Å². The van der Waals surface area contributed by atoms with E-state index < -0.39 is 11.8 Å². The lowest BCUT2D eigenvalue weighted by molar-refractivity contribution is -0.113. The first-order valence-electron chi connectivity index (χ1n) is 9.79. The Morgan fingerprint density at radius 2 is 1.76 bits per heavy atom. The van der Waals surface area contributed by atoms with Crippen molar-refractivity contribution in [2.24, 2.45) is 0 Å². The fourth-order valence-corrected chi connectivity index (χ4v) is 5.03. The van der Waals surface area contributed by atoms with Crippen molar-refractivity contribution in [2.45, 2.75) is 11.3 Å². The number of carbonyl (C=O) groups excluding carboxylic acids is 2. The van der Waals surface area contributed by atoms with E-state index in [1.54, 1.807) is 12.1 Å². The molecule has 0 aliphatic rings. The molecule has 0 radical (unpaired) electrons. The first-order chi connectivity index (χ1) is 15.9. The molecule has 1 heterocycles. The molecular weight excluding hydrogens is 483 g/mol. The molecule has 6 nitrogen and oxygen atoms in total. The van der Waals surface area contributed by atoms with Crippen molar-refractivity contribution in [1.29, 1.82) is 0 Å². The van der Waals surface area contributed by atoms with E-state index in [1.807, 2.05) is 37.3 Å². The molecule has 0 bridgehead atoms. The molecular formula is C23H18ClFN4O2S2. The van der Waals surface area contributed by atoms with E-state index in [2.05, 4.69) is 20.9 Å². The number of urea groups is 1. The molecule has 0 spiro atoms. The van der Waals surface area contributed by atoms with Crippen LogP contribution in [0.15, 0.2) is 65.0 Å². The second-order valence-corrected chi connectivity index (χ2v) is 9.68. The molecule has 0 atom stereocenters. The van der Waals surface area contributed by atoms with E-state index in [0.29, 0.717) is 11.4 Å². The third kappa shape index (κ3) is 6.01. The maximum Gasteiger partial charge on any atom is 0.323 e. The van der Waals surface area contributed by atoms with Gasteiger partial charge in [-0.3, -0.25) is 4.79 Å². The summed E-state index contributed by atoms with van der Waals surface area (Å²) in [6, 6.07) is 16.4. The highest BCUT2D eigenvalue weighted by atomic mass is 35.5. The minimum absolute atomic E-state index is 0.0727. The molecule has 0 aliphatic heterocycles. The monoisotopic (exact) mass is 500 g/mol. The van der Waals surface area contributed by atoms with E-state index in [0.717, 1.165) is 25.8 Å². The van der Waals surface area contributed by atoms with Gasteiger partial charge in [0, 0.05) is 17.1 Å². The number of carbonyl (C=O) groups is 2. The molecule has 10 heteroatoms. The largest absolute Gasteiger partial charge is 0.325 e. The number of hydrogen-bond acceptors (Lipinski definition) is 5. The van der Waals surface area contributed by atoms with Gasteiger partial charge >= 0.3 is 6.03 Å². The first-order valence-corrected chi connectivity index (χ1v) is 12.0. The SMILES string of the molecule is Cc1ccccc1NC(=O)CSc1nc2ccc(NC(=O)Nc3ccc(F)c(Cl)c3)cc2s1. The number of para-hydroxylation sites is 1. The van der Waals surface area contributed by atoms with Gasteiger partial charge in [-0.25, -0.2) is 14.2 Å². The highest BCUT2D eigenvalue weighted by molar-refractivity contribution is 8.01. The van der Waals surface area contributed by atoms with Gasteiger partial charge < -0.3 is 16.0 Å². The number of thioether (sulfide) groups is 1. The number of nitrogens with zero attached hydrogens (tertiary/aromatic N) is 1. The molecule has 4 aromatic rings. The van der Waals surface area contributed by atoms with Crippen molar-refractivity contribution in [3.63, 3.8) is 0 Å². The standard InChI is InChI=1S/C23H18ClFN4O2S2/c1-13-4-2-3-5-18(13)28-21(30)12-32-23-29-19-9-7-15(11-20(19)33-23)27-22(31)26-14-6-8-17(25)16(24)10-14/h2-11H,12H2,1H3,(H,28,30)(H2,26,27,31). The van der Waals surface area contributed by atoms with Crippen LogP contribution in [0.4, 0.5) is 26.2 Å². The van der Waals surface area contributed by atoms with Crippen LogP contribution >= 0.6 is 34.7 Å². The van der Waals surface area contributed by atoms with Crippen molar-refractivity contribution >= 4 is 73.9 Å². The van der Waals surface area contributed by atoms with Crippen LogP contribution in [0.1, 0.15) is 5.56 Å². The van der Waals surface area contributed by atoms with Gasteiger partial charge in [-0.1, -0.05) is 41.6 Å². The van der Waals surface area contributed by atoms with Gasteiger partial charge in [-0.15, -0.1) is 11.3 Å². The van der Waals surface area contributed by atoms with Crippen LogP contribution in [-0.2, 0) is 4.79 Å². The predicted octanol–water partition coefficient (Wildman–Crippen LogP) is 6.77. The zero-order valence-corrected chi connectivity index (χ0v) is 19.7. The number of anilines is 3. The molecule has 3 N–H and O–H groups in total. The Labute approximate surface area is 202 Å². The van der Waals surface area contributed by atoms with Gasteiger partial charge in [0.1, 0.15) is 5.82 Å². The van der Waals surface area contributed by atoms with Gasteiger partial charge in [-0.05, 0) is 55.0 Å². The zero-order valence-electron chi connectivity index (χ0n) is 17.3. The van der Waals surface area contributed by atoms with Gasteiger partial charge in [0.2, 0.25) is 5.91 Å². The topological polar surface area (TPSA) is 83.1 Å². The Kier molecular flexibility index (Phi) is 7.12. The summed E-state index contributed by atoms with van der Waals surface area (Å²) in [5, 5.41) is 8.17. The maximum atomic E-state index is 13.3. The van der Waals surface area contributed by atoms with E-state index >= 15 is 0 Å². The number of hydrogen-bond donors (Lipinski definition) is 3. The van der Waals surface area contributed by atoms with Crippen LogP contribution < -0.4 is 16.0 Å². The quantitative estimate of drug-likeness (QED) is 0.255. The van der Waals surface area contributed by atoms with Gasteiger partial charge in [-0.2, -0.15) is 0 Å². The number of rotatable bonds is 6. The summed E-state index contributed by atoms with van der Waals surface area (Å²) in [7, 11) is 0. The van der Waals surface area contributed by atoms with Crippen molar-refractivity contribution in [3.05, 3.63) is 77.1 Å². The Bertz CT molecular complexity index is 1350. The minimum Gasteiger partial charge on any atom is -0.325 e. The Balaban J connectivity index is 1.35. The van der Waals surface area contributed by atoms with Gasteiger partial charge in [0.05, 0.1) is 21.0 Å². The Hall–Kier alpha value is -3.14. The fraction of sp³-hybridized carbons (Fsp3) is 0.0870. The molecule has 0 saturated heterocycles. The molecule has 4 rings (SSSR count). The van der Waals surface area contributed by atoms with Crippen LogP contribution in [0, 0.1) is 12.7 Å². The second kappa shape index (κ2) is 10.2. The Morgan fingerprint density at radius 3 is 2.52 bits per heavy atom. The average Bonchev–Trinajstić information content (AvgIpc) is 3.19. The van der Waals surface area contributed by atoms with E-state index in [4.69, 9.17) is 11.6 Å². The molecule has 0 aliphatic carbocycles. The van der Waals surface area contributed by atoms with Crippen LogP contribution in [0.5, 0.6) is 0 Å². The molecule has 3 aromatic carbocycles. The number of fused-ring (bicyclic) bond motifs is 1. The number of thiazole rings is 1. The summed E-state index contributed by atoms with van der Waals surface area (Å²) in [6.45, 7) is 1.94. The van der Waals surface area contributed by atoms with Crippen LogP contribution in [0.25, 0.3) is 10.2 Å². The van der Waals surface area contributed by atoms with Crippen molar-refractivity contribution in [1.82, 2.24) is 4.98 Å². The smallest absolute Gasteiger partial charge is 0.323 e. The number of aryl methyl sites for hydroxylation is 1. The molecule has 0 saturated carbocycles.